The van der Waals surface area contributed by atoms with Crippen LogP contribution in [0.4, 0.5) is 0 Å². The lowest BCUT2D eigenvalue weighted by molar-refractivity contribution is -0.162. The van der Waals surface area contributed by atoms with Crippen molar-refractivity contribution in [3.05, 3.63) is 47.5 Å². The average molecular weight is 604 g/mol. The zero-order valence-electron chi connectivity index (χ0n) is 27.5. The van der Waals surface area contributed by atoms with E-state index in [1.807, 2.05) is 37.8 Å². The number of piperidine rings is 2. The molecule has 1 aromatic heterocycles. The number of hydrogen-bond acceptors (Lipinski definition) is 6. The smallest absolute Gasteiger partial charge is 0.310 e. The van der Waals surface area contributed by atoms with Gasteiger partial charge in [-0.3, -0.25) is 14.5 Å². The fourth-order valence-electron chi connectivity index (χ4n) is 6.83. The van der Waals surface area contributed by atoms with Gasteiger partial charge in [-0.05, 0) is 106 Å². The number of carbonyl (C=O) groups is 2. The van der Waals surface area contributed by atoms with Crippen molar-refractivity contribution in [1.29, 1.82) is 0 Å². The van der Waals surface area contributed by atoms with Crippen LogP contribution in [0.5, 0.6) is 11.5 Å². The third-order valence-electron chi connectivity index (χ3n) is 9.04. The van der Waals surface area contributed by atoms with Gasteiger partial charge in [-0.15, -0.1) is 0 Å². The van der Waals surface area contributed by atoms with E-state index in [0.29, 0.717) is 36.4 Å². The molecule has 0 bridgehead atoms. The minimum atomic E-state index is -0.492. The van der Waals surface area contributed by atoms with E-state index >= 15 is 0 Å². The number of amides is 1. The van der Waals surface area contributed by atoms with Crippen LogP contribution in [0.2, 0.25) is 0 Å². The number of rotatable bonds is 8. The van der Waals surface area contributed by atoms with Crippen LogP contribution in [0.25, 0.3) is 22.2 Å². The SMILES string of the molecule is COc1ccc(-c2[nH]c3ccc(C4CCN(C(=O)CN5CCC[C@@H](C(=O)OC(C)(C)C)C5)CC4)cc3c2C(C)C)cc1OC. The van der Waals surface area contributed by atoms with Gasteiger partial charge in [0.2, 0.25) is 5.91 Å². The molecular weight excluding hydrogens is 554 g/mol. The maximum atomic E-state index is 13.3. The van der Waals surface area contributed by atoms with Gasteiger partial charge >= 0.3 is 5.97 Å². The summed E-state index contributed by atoms with van der Waals surface area (Å²) in [7, 11) is 3.32. The largest absolute Gasteiger partial charge is 0.493 e. The molecule has 1 amide bonds. The minimum absolute atomic E-state index is 0.147. The molecule has 0 saturated carbocycles. The van der Waals surface area contributed by atoms with Crippen LogP contribution >= 0.6 is 0 Å². The molecule has 5 rings (SSSR count). The summed E-state index contributed by atoms with van der Waals surface area (Å²) >= 11 is 0. The van der Waals surface area contributed by atoms with Crippen molar-refractivity contribution < 1.29 is 23.8 Å². The standard InChI is InChI=1S/C36H49N3O5/c1-23(2)33-28-19-25(10-12-29(28)37-34(33)26-11-13-30(42-6)31(20-26)43-7)24-14-17-39(18-15-24)32(40)22-38-16-8-9-27(21-38)35(41)44-36(3,4)5/h10-13,19-20,23-24,27,37H,8-9,14-18,21-22H2,1-7H3/t27-/m1/s1. The molecule has 2 fully saturated rings. The number of hydrogen-bond donors (Lipinski definition) is 1. The molecule has 1 N–H and O–H groups in total. The zero-order chi connectivity index (χ0) is 31.6. The van der Waals surface area contributed by atoms with Crippen LogP contribution < -0.4 is 9.47 Å². The first kappa shape index (κ1) is 31.9. The Kier molecular flexibility index (Phi) is 9.59. The molecule has 238 valence electrons. The number of H-pyrrole nitrogens is 1. The molecule has 8 nitrogen and oxygen atoms in total. The Morgan fingerprint density at radius 2 is 1.68 bits per heavy atom. The van der Waals surface area contributed by atoms with E-state index < -0.39 is 5.60 Å². The second-order valence-electron chi connectivity index (χ2n) is 13.7. The molecular formula is C36H49N3O5. The van der Waals surface area contributed by atoms with Crippen molar-refractivity contribution in [2.75, 3.05) is 46.9 Å². The molecule has 3 aromatic rings. The van der Waals surface area contributed by atoms with E-state index in [1.165, 1.54) is 16.5 Å². The van der Waals surface area contributed by atoms with E-state index in [0.717, 1.165) is 62.1 Å². The maximum absolute atomic E-state index is 13.3. The minimum Gasteiger partial charge on any atom is -0.493 e. The van der Waals surface area contributed by atoms with Gasteiger partial charge in [0.15, 0.2) is 11.5 Å². The second-order valence-corrected chi connectivity index (χ2v) is 13.7. The summed E-state index contributed by atoms with van der Waals surface area (Å²) in [4.78, 5) is 33.7. The molecule has 2 aromatic carbocycles. The third kappa shape index (κ3) is 7.06. The fraction of sp³-hybridized carbons (Fsp3) is 0.556. The Morgan fingerprint density at radius 1 is 0.955 bits per heavy atom. The van der Waals surface area contributed by atoms with E-state index in [4.69, 9.17) is 14.2 Å². The highest BCUT2D eigenvalue weighted by Crippen LogP contribution is 2.40. The first-order valence-corrected chi connectivity index (χ1v) is 16.1. The van der Waals surface area contributed by atoms with Crippen molar-refractivity contribution in [2.24, 2.45) is 5.92 Å². The summed E-state index contributed by atoms with van der Waals surface area (Å²) in [5, 5.41) is 1.26. The number of esters is 1. The Morgan fingerprint density at radius 3 is 2.34 bits per heavy atom. The fourth-order valence-corrected chi connectivity index (χ4v) is 6.83. The molecule has 44 heavy (non-hydrogen) atoms. The van der Waals surface area contributed by atoms with E-state index in [-0.39, 0.29) is 17.8 Å². The van der Waals surface area contributed by atoms with Crippen LogP contribution in [0, 0.1) is 5.92 Å². The first-order chi connectivity index (χ1) is 21.0. The molecule has 0 spiro atoms. The van der Waals surface area contributed by atoms with Gasteiger partial charge in [-0.2, -0.15) is 0 Å². The van der Waals surface area contributed by atoms with Gasteiger partial charge in [-0.1, -0.05) is 19.9 Å². The molecule has 2 aliphatic rings. The second kappa shape index (κ2) is 13.2. The number of likely N-dealkylation sites (tertiary alicyclic amines) is 2. The summed E-state index contributed by atoms with van der Waals surface area (Å²) in [5.41, 5.74) is 5.45. The monoisotopic (exact) mass is 603 g/mol. The lowest BCUT2D eigenvalue weighted by atomic mass is 9.87. The third-order valence-corrected chi connectivity index (χ3v) is 9.04. The Hall–Kier alpha value is -3.52. The average Bonchev–Trinajstić information content (AvgIpc) is 3.39. The van der Waals surface area contributed by atoms with Crippen LogP contribution in [-0.2, 0) is 14.3 Å². The lowest BCUT2D eigenvalue weighted by Gasteiger charge is -2.36. The molecule has 8 heteroatoms. The summed E-state index contributed by atoms with van der Waals surface area (Å²) in [6.07, 6.45) is 3.63. The van der Waals surface area contributed by atoms with Crippen LogP contribution in [0.1, 0.15) is 83.3 Å². The number of fused-ring (bicyclic) bond motifs is 1. The summed E-state index contributed by atoms with van der Waals surface area (Å²) in [5.74, 6) is 2.02. The molecule has 2 saturated heterocycles. The number of aromatic amines is 1. The van der Waals surface area contributed by atoms with Crippen molar-refractivity contribution in [1.82, 2.24) is 14.8 Å². The van der Waals surface area contributed by atoms with Crippen molar-refractivity contribution >= 4 is 22.8 Å². The first-order valence-electron chi connectivity index (χ1n) is 16.1. The number of nitrogens with one attached hydrogen (secondary N) is 1. The highest BCUT2D eigenvalue weighted by Gasteiger charge is 2.32. The highest BCUT2D eigenvalue weighted by atomic mass is 16.6. The number of ether oxygens (including phenoxy) is 3. The lowest BCUT2D eigenvalue weighted by Crippen LogP contribution is -2.48. The van der Waals surface area contributed by atoms with Crippen molar-refractivity contribution in [3.8, 4) is 22.8 Å². The topological polar surface area (TPSA) is 84.1 Å². The summed E-state index contributed by atoms with van der Waals surface area (Å²) < 4.78 is 16.7. The zero-order valence-corrected chi connectivity index (χ0v) is 27.5. The number of methoxy groups -OCH3 is 2. The predicted molar refractivity (Wildman–Crippen MR) is 174 cm³/mol. The molecule has 0 aliphatic carbocycles. The molecule has 1 atom stereocenters. The Labute approximate surface area is 262 Å². The van der Waals surface area contributed by atoms with Crippen LogP contribution in [0.3, 0.4) is 0 Å². The summed E-state index contributed by atoms with van der Waals surface area (Å²) in [6, 6.07) is 12.9. The highest BCUT2D eigenvalue weighted by molar-refractivity contribution is 5.92. The number of carbonyl (C=O) groups excluding carboxylic acids is 2. The summed E-state index contributed by atoms with van der Waals surface area (Å²) in [6.45, 7) is 13.5. The molecule has 3 heterocycles. The van der Waals surface area contributed by atoms with Crippen LogP contribution in [-0.4, -0.2) is 79.2 Å². The predicted octanol–water partition coefficient (Wildman–Crippen LogP) is 6.74. The van der Waals surface area contributed by atoms with E-state index in [9.17, 15) is 9.59 Å². The Balaban J connectivity index is 1.24. The van der Waals surface area contributed by atoms with Gasteiger partial charge in [-0.25, -0.2) is 0 Å². The van der Waals surface area contributed by atoms with Crippen molar-refractivity contribution in [3.63, 3.8) is 0 Å². The maximum Gasteiger partial charge on any atom is 0.310 e. The van der Waals surface area contributed by atoms with Crippen molar-refractivity contribution in [2.45, 2.75) is 77.7 Å². The van der Waals surface area contributed by atoms with E-state index in [2.05, 4.69) is 48.0 Å². The van der Waals surface area contributed by atoms with Gasteiger partial charge in [0.1, 0.15) is 5.60 Å². The van der Waals surface area contributed by atoms with E-state index in [1.54, 1.807) is 14.2 Å². The van der Waals surface area contributed by atoms with Gasteiger partial charge in [0, 0.05) is 36.1 Å². The molecule has 2 aliphatic heterocycles. The van der Waals surface area contributed by atoms with Crippen LogP contribution in [0.15, 0.2) is 36.4 Å². The number of nitrogens with zero attached hydrogens (tertiary/aromatic N) is 2. The van der Waals surface area contributed by atoms with Gasteiger partial charge in [0.25, 0.3) is 0 Å². The molecule has 0 unspecified atom stereocenters. The normalized spacial score (nSPS) is 18.5. The van der Waals surface area contributed by atoms with Gasteiger partial charge in [0.05, 0.1) is 32.4 Å². The number of benzene rings is 2. The van der Waals surface area contributed by atoms with Gasteiger partial charge < -0.3 is 24.1 Å². The number of aromatic nitrogens is 1. The quantitative estimate of drug-likeness (QED) is 0.287. The molecule has 0 radical (unpaired) electrons. The Bertz CT molecular complexity index is 1480.